The van der Waals surface area contributed by atoms with Gasteiger partial charge in [0, 0.05) is 35.0 Å². The highest BCUT2D eigenvalue weighted by molar-refractivity contribution is 6.01. The number of carbonyl (C=O) groups excluding carboxylic acids is 1. The molecule has 0 spiro atoms. The van der Waals surface area contributed by atoms with Gasteiger partial charge in [0.25, 0.3) is 0 Å². The molecule has 0 unspecified atom stereocenters. The summed E-state index contributed by atoms with van der Waals surface area (Å²) in [4.78, 5) is 16.4. The van der Waals surface area contributed by atoms with Crippen LogP contribution in [-0.2, 0) is 9.53 Å². The third-order valence-corrected chi connectivity index (χ3v) is 5.31. The molecular formula is C21H21N3O2. The fourth-order valence-corrected chi connectivity index (χ4v) is 4.24. The molecule has 0 amide bonds. The van der Waals surface area contributed by atoms with Crippen LogP contribution in [0.4, 0.5) is 0 Å². The van der Waals surface area contributed by atoms with E-state index in [1.807, 2.05) is 45.0 Å². The van der Waals surface area contributed by atoms with Crippen LogP contribution in [0.1, 0.15) is 43.9 Å². The van der Waals surface area contributed by atoms with E-state index in [-0.39, 0.29) is 17.1 Å². The second kappa shape index (κ2) is 5.50. The summed E-state index contributed by atoms with van der Waals surface area (Å²) in [5, 5.41) is 10.8. The fraction of sp³-hybridized carbons (Fsp3) is 0.333. The van der Waals surface area contributed by atoms with Gasteiger partial charge in [-0.25, -0.2) is 0 Å². The van der Waals surface area contributed by atoms with Crippen LogP contribution >= 0.6 is 0 Å². The number of nitrogens with zero attached hydrogens (tertiary/aromatic N) is 1. The number of hydrogen-bond acceptors (Lipinski definition) is 4. The van der Waals surface area contributed by atoms with E-state index in [1.54, 1.807) is 0 Å². The van der Waals surface area contributed by atoms with Crippen LogP contribution in [0, 0.1) is 23.7 Å². The summed E-state index contributed by atoms with van der Waals surface area (Å²) in [6.45, 7) is 6.06. The number of hydrogen-bond donors (Lipinski definition) is 2. The fourth-order valence-electron chi connectivity index (χ4n) is 4.24. The van der Waals surface area contributed by atoms with Crippen molar-refractivity contribution in [3.05, 3.63) is 58.3 Å². The summed E-state index contributed by atoms with van der Waals surface area (Å²) >= 11 is 0. The van der Waals surface area contributed by atoms with Gasteiger partial charge in [-0.3, -0.25) is 4.79 Å². The largest absolute Gasteiger partial charge is 0.444 e. The molecule has 0 saturated carbocycles. The van der Waals surface area contributed by atoms with E-state index in [1.165, 1.54) is 0 Å². The molecular weight excluding hydrogens is 326 g/mol. The van der Waals surface area contributed by atoms with Crippen LogP contribution in [0.3, 0.4) is 0 Å². The van der Waals surface area contributed by atoms with E-state index < -0.39 is 5.92 Å². The first-order valence-corrected chi connectivity index (χ1v) is 8.73. The van der Waals surface area contributed by atoms with Gasteiger partial charge < -0.3 is 15.5 Å². The van der Waals surface area contributed by atoms with Gasteiger partial charge in [-0.15, -0.1) is 0 Å². The average Bonchev–Trinajstić information content (AvgIpc) is 2.87. The lowest BCUT2D eigenvalue weighted by molar-refractivity contribution is -0.119. The van der Waals surface area contributed by atoms with Gasteiger partial charge in [0.2, 0.25) is 5.88 Å². The topological polar surface area (TPSA) is 91.9 Å². The van der Waals surface area contributed by atoms with Gasteiger partial charge in [0.15, 0.2) is 5.78 Å². The summed E-state index contributed by atoms with van der Waals surface area (Å²) in [5.74, 6) is 0.263. The number of para-hydroxylation sites is 1. The maximum Gasteiger partial charge on any atom is 0.205 e. The monoisotopic (exact) mass is 347 g/mol. The Morgan fingerprint density at radius 3 is 2.77 bits per heavy atom. The molecule has 26 heavy (non-hydrogen) atoms. The molecule has 2 aromatic rings. The number of ether oxygens (including phenoxy) is 1. The molecule has 0 bridgehead atoms. The number of benzene rings is 1. The summed E-state index contributed by atoms with van der Waals surface area (Å²) in [7, 11) is 0. The number of aromatic nitrogens is 1. The van der Waals surface area contributed by atoms with Crippen molar-refractivity contribution in [3.63, 3.8) is 0 Å². The van der Waals surface area contributed by atoms with E-state index >= 15 is 0 Å². The van der Waals surface area contributed by atoms with Crippen LogP contribution in [0.25, 0.3) is 10.9 Å². The molecule has 2 heterocycles. The van der Waals surface area contributed by atoms with Gasteiger partial charge >= 0.3 is 0 Å². The number of allylic oxidation sites excluding steroid dienone is 3. The Hall–Kier alpha value is -3.00. The zero-order valence-corrected chi connectivity index (χ0v) is 15.1. The highest BCUT2D eigenvalue weighted by Gasteiger charge is 2.44. The first-order valence-electron chi connectivity index (χ1n) is 8.73. The Morgan fingerprint density at radius 2 is 2.04 bits per heavy atom. The van der Waals surface area contributed by atoms with E-state index in [9.17, 15) is 10.1 Å². The van der Waals surface area contributed by atoms with Gasteiger partial charge in [0.1, 0.15) is 17.4 Å². The number of rotatable bonds is 1. The molecule has 0 fully saturated rings. The van der Waals surface area contributed by atoms with Crippen molar-refractivity contribution in [1.29, 1.82) is 5.26 Å². The second-order valence-corrected chi connectivity index (χ2v) is 7.91. The Balaban J connectivity index is 2.01. The number of nitriles is 1. The SMILES string of the molecule is Cc1[nH]c2ccccc2c1[C@H]1C(C#N)=C(N)OC2=C1C(=O)CC(C)(C)C2. The summed E-state index contributed by atoms with van der Waals surface area (Å²) in [6.07, 6.45) is 1.07. The highest BCUT2D eigenvalue weighted by atomic mass is 16.5. The van der Waals surface area contributed by atoms with Crippen LogP contribution in [0.15, 0.2) is 47.1 Å². The molecule has 5 nitrogen and oxygen atoms in total. The average molecular weight is 347 g/mol. The highest BCUT2D eigenvalue weighted by Crippen LogP contribution is 2.49. The zero-order valence-electron chi connectivity index (χ0n) is 15.1. The van der Waals surface area contributed by atoms with Crippen molar-refractivity contribution in [2.75, 3.05) is 0 Å². The number of nitrogens with one attached hydrogen (secondary N) is 1. The maximum atomic E-state index is 13.0. The Labute approximate surface area is 152 Å². The Morgan fingerprint density at radius 1 is 1.31 bits per heavy atom. The lowest BCUT2D eigenvalue weighted by atomic mass is 9.70. The number of fused-ring (bicyclic) bond motifs is 1. The third kappa shape index (κ3) is 2.33. The molecule has 1 aromatic carbocycles. The van der Waals surface area contributed by atoms with Gasteiger partial charge in [0.05, 0.1) is 5.92 Å². The minimum Gasteiger partial charge on any atom is -0.444 e. The molecule has 2 aliphatic rings. The minimum absolute atomic E-state index is 0.0335. The van der Waals surface area contributed by atoms with Crippen LogP contribution < -0.4 is 5.73 Å². The summed E-state index contributed by atoms with van der Waals surface area (Å²) in [6, 6.07) is 10.1. The predicted molar refractivity (Wildman–Crippen MR) is 98.7 cm³/mol. The number of H-pyrrole nitrogens is 1. The first kappa shape index (κ1) is 16.5. The van der Waals surface area contributed by atoms with Crippen LogP contribution in [0.2, 0.25) is 0 Å². The molecule has 1 aliphatic heterocycles. The molecule has 1 atom stereocenters. The first-order chi connectivity index (χ1) is 12.3. The standard InChI is InChI=1S/C21H21N3O2/c1-11-17(12-6-4-5-7-14(12)24-11)18-13(10-22)20(23)26-16-9-21(2,3)8-15(25)19(16)18/h4-7,18,24H,8-9,23H2,1-3H3/t18-/m1/s1. The Kier molecular flexibility index (Phi) is 3.48. The van der Waals surface area contributed by atoms with Crippen molar-refractivity contribution in [2.24, 2.45) is 11.1 Å². The van der Waals surface area contributed by atoms with Crippen LogP contribution in [-0.4, -0.2) is 10.8 Å². The van der Waals surface area contributed by atoms with Crippen molar-refractivity contribution in [3.8, 4) is 6.07 Å². The lowest BCUT2D eigenvalue weighted by Gasteiger charge is -2.37. The maximum absolute atomic E-state index is 13.0. The van der Waals surface area contributed by atoms with Gasteiger partial charge in [-0.1, -0.05) is 32.0 Å². The van der Waals surface area contributed by atoms with Crippen LogP contribution in [0.5, 0.6) is 0 Å². The molecule has 3 N–H and O–H groups in total. The predicted octanol–water partition coefficient (Wildman–Crippen LogP) is 3.93. The summed E-state index contributed by atoms with van der Waals surface area (Å²) < 4.78 is 5.76. The normalized spacial score (nSPS) is 22.2. The number of aryl methyl sites for hydroxylation is 1. The number of ketones is 1. The Bertz CT molecular complexity index is 1050. The van der Waals surface area contributed by atoms with Crippen molar-refractivity contribution in [2.45, 2.75) is 39.5 Å². The second-order valence-electron chi connectivity index (χ2n) is 7.91. The van der Waals surface area contributed by atoms with Gasteiger partial charge in [-0.2, -0.15) is 5.26 Å². The van der Waals surface area contributed by atoms with Crippen molar-refractivity contribution >= 4 is 16.7 Å². The van der Waals surface area contributed by atoms with E-state index in [0.29, 0.717) is 29.7 Å². The number of nitrogens with two attached hydrogens (primary N) is 1. The van der Waals surface area contributed by atoms with Crippen molar-refractivity contribution in [1.82, 2.24) is 4.98 Å². The van der Waals surface area contributed by atoms with Crippen molar-refractivity contribution < 1.29 is 9.53 Å². The molecule has 1 aliphatic carbocycles. The zero-order chi connectivity index (χ0) is 18.6. The molecule has 5 heteroatoms. The molecule has 132 valence electrons. The quantitative estimate of drug-likeness (QED) is 0.817. The lowest BCUT2D eigenvalue weighted by Crippen LogP contribution is -2.33. The van der Waals surface area contributed by atoms with E-state index in [0.717, 1.165) is 22.2 Å². The summed E-state index contributed by atoms with van der Waals surface area (Å²) in [5.41, 5.74) is 9.66. The third-order valence-electron chi connectivity index (χ3n) is 5.31. The number of carbonyl (C=O) groups is 1. The minimum atomic E-state index is -0.483. The molecule has 4 rings (SSSR count). The molecule has 1 aromatic heterocycles. The van der Waals surface area contributed by atoms with Gasteiger partial charge in [-0.05, 0) is 24.0 Å². The van der Waals surface area contributed by atoms with E-state index in [2.05, 4.69) is 11.1 Å². The molecule has 0 radical (unpaired) electrons. The number of Topliss-reactive ketones (excluding diaryl/α,β-unsaturated/α-hetero) is 1. The number of aromatic amines is 1. The van der Waals surface area contributed by atoms with E-state index in [4.69, 9.17) is 10.5 Å². The molecule has 0 saturated heterocycles. The smallest absolute Gasteiger partial charge is 0.205 e.